The lowest BCUT2D eigenvalue weighted by Crippen LogP contribution is -2.65. The fourth-order valence-electron chi connectivity index (χ4n) is 6.81. The molecule has 0 saturated carbocycles. The summed E-state index contributed by atoms with van der Waals surface area (Å²) in [4.78, 5) is 32.2. The van der Waals surface area contributed by atoms with Crippen LogP contribution < -0.4 is 22.5 Å². The highest BCUT2D eigenvalue weighted by atomic mass is 16.2. The van der Waals surface area contributed by atoms with E-state index in [1.165, 1.54) is 24.0 Å². The van der Waals surface area contributed by atoms with E-state index < -0.39 is 12.1 Å². The van der Waals surface area contributed by atoms with Crippen LogP contribution in [0.1, 0.15) is 102 Å². The average Bonchev–Trinajstić information content (AvgIpc) is 3.05. The summed E-state index contributed by atoms with van der Waals surface area (Å²) in [6.45, 7) is 16.4. The van der Waals surface area contributed by atoms with E-state index in [9.17, 15) is 9.59 Å². The van der Waals surface area contributed by atoms with Crippen molar-refractivity contribution in [2.75, 3.05) is 32.7 Å². The zero-order chi connectivity index (χ0) is 35.3. The second-order valence-electron chi connectivity index (χ2n) is 15.4. The number of unbranched alkanes of at least 4 members (excludes halogenated alkanes) is 2. The molecule has 0 spiro atoms. The van der Waals surface area contributed by atoms with Gasteiger partial charge in [0.1, 0.15) is 0 Å². The van der Waals surface area contributed by atoms with Crippen LogP contribution in [-0.2, 0) is 34.3 Å². The van der Waals surface area contributed by atoms with Crippen molar-refractivity contribution in [2.24, 2.45) is 23.1 Å². The number of nitrogens with zero attached hydrogens (tertiary/aromatic N) is 2. The van der Waals surface area contributed by atoms with Gasteiger partial charge in [0, 0.05) is 38.3 Å². The molecule has 2 aromatic rings. The molecule has 2 amide bonds. The summed E-state index contributed by atoms with van der Waals surface area (Å²) in [5.41, 5.74) is 23.8. The van der Waals surface area contributed by atoms with Gasteiger partial charge in [0.15, 0.2) is 0 Å². The number of aryl methyl sites for hydroxylation is 1. The summed E-state index contributed by atoms with van der Waals surface area (Å²) < 4.78 is 0. The molecule has 1 fully saturated rings. The lowest BCUT2D eigenvalue weighted by molar-refractivity contribution is -0.149. The van der Waals surface area contributed by atoms with Gasteiger partial charge in [-0.25, -0.2) is 0 Å². The van der Waals surface area contributed by atoms with Crippen molar-refractivity contribution in [2.45, 2.75) is 129 Å². The van der Waals surface area contributed by atoms with Crippen LogP contribution in [-0.4, -0.2) is 78.5 Å². The number of hydrogen-bond acceptors (Lipinski definition) is 6. The van der Waals surface area contributed by atoms with E-state index in [4.69, 9.17) is 17.2 Å². The van der Waals surface area contributed by atoms with Gasteiger partial charge in [0.2, 0.25) is 11.8 Å². The summed E-state index contributed by atoms with van der Waals surface area (Å²) in [7, 11) is 0. The molecule has 1 heterocycles. The third-order valence-electron chi connectivity index (χ3n) is 9.68. The highest BCUT2D eigenvalue weighted by molar-refractivity contribution is 5.85. The number of carbonyl (C=O) groups excluding carboxylic acids is 2. The maximum Gasteiger partial charge on any atom is 0.240 e. The van der Waals surface area contributed by atoms with Crippen LogP contribution >= 0.6 is 0 Å². The maximum atomic E-state index is 14.1. The summed E-state index contributed by atoms with van der Waals surface area (Å²) in [6.07, 6.45) is 7.89. The maximum absolute atomic E-state index is 14.1. The molecular weight excluding hydrogens is 596 g/mol. The van der Waals surface area contributed by atoms with E-state index in [0.29, 0.717) is 38.4 Å². The molecule has 3 rings (SSSR count). The van der Waals surface area contributed by atoms with Gasteiger partial charge in [-0.2, -0.15) is 0 Å². The largest absolute Gasteiger partial charge is 0.335 e. The van der Waals surface area contributed by atoms with E-state index in [1.54, 1.807) is 0 Å². The summed E-state index contributed by atoms with van der Waals surface area (Å²) >= 11 is 0. The highest BCUT2D eigenvalue weighted by Gasteiger charge is 2.40. The molecule has 8 heteroatoms. The topological polar surface area (TPSA) is 131 Å². The standard InChI is InChI=1S/C40H66N6O2/c1-7-8-11-30-13-15-31(16-14-30)25-36(42)38(47)45-28-35(24-29(2)3)46(27-34(45)12-9-10-22-44-23-21-41)39(48)37(43)26-32-17-19-33(20-18-32)40(4,5)6/h13-20,29,34-37,44H,7-12,21-28,41-43H2,1-6H3/t34-,35+,36+,37+/m0/s1. The van der Waals surface area contributed by atoms with Crippen LogP contribution in [0.15, 0.2) is 48.5 Å². The minimum absolute atomic E-state index is 0.0274. The molecule has 1 aliphatic rings. The van der Waals surface area contributed by atoms with Crippen molar-refractivity contribution in [3.8, 4) is 0 Å². The summed E-state index contributed by atoms with van der Waals surface area (Å²) in [5.74, 6) is 0.295. The molecule has 8 nitrogen and oxygen atoms in total. The zero-order valence-corrected chi connectivity index (χ0v) is 30.8. The fraction of sp³-hybridized carbons (Fsp3) is 0.650. The second-order valence-corrected chi connectivity index (χ2v) is 15.4. The van der Waals surface area contributed by atoms with Gasteiger partial charge < -0.3 is 32.3 Å². The van der Waals surface area contributed by atoms with Crippen molar-refractivity contribution >= 4 is 11.8 Å². The fourth-order valence-corrected chi connectivity index (χ4v) is 6.81. The minimum atomic E-state index is -0.647. The van der Waals surface area contributed by atoms with Crippen molar-refractivity contribution in [1.82, 2.24) is 15.1 Å². The van der Waals surface area contributed by atoms with Crippen LogP contribution in [0.2, 0.25) is 0 Å². The Balaban J connectivity index is 1.78. The van der Waals surface area contributed by atoms with Crippen LogP contribution in [0.5, 0.6) is 0 Å². The molecule has 1 saturated heterocycles. The van der Waals surface area contributed by atoms with Crippen LogP contribution in [0, 0.1) is 5.92 Å². The number of nitrogens with two attached hydrogens (primary N) is 3. The minimum Gasteiger partial charge on any atom is -0.335 e. The summed E-state index contributed by atoms with van der Waals surface area (Å²) in [5, 5.41) is 3.37. The Morgan fingerprint density at radius 3 is 1.83 bits per heavy atom. The molecule has 268 valence electrons. The van der Waals surface area contributed by atoms with E-state index in [2.05, 4.69) is 95.4 Å². The van der Waals surface area contributed by atoms with Gasteiger partial charge in [-0.1, -0.05) is 103 Å². The molecule has 7 N–H and O–H groups in total. The number of piperazine rings is 1. The van der Waals surface area contributed by atoms with Gasteiger partial charge in [-0.15, -0.1) is 0 Å². The van der Waals surface area contributed by atoms with E-state index in [0.717, 1.165) is 56.3 Å². The highest BCUT2D eigenvalue weighted by Crippen LogP contribution is 2.27. The Bertz CT molecular complexity index is 1240. The molecule has 0 aromatic heterocycles. The summed E-state index contributed by atoms with van der Waals surface area (Å²) in [6, 6.07) is 15.5. The van der Waals surface area contributed by atoms with E-state index in [-0.39, 0.29) is 29.3 Å². The van der Waals surface area contributed by atoms with Crippen LogP contribution in [0.3, 0.4) is 0 Å². The van der Waals surface area contributed by atoms with Crippen LogP contribution in [0.4, 0.5) is 0 Å². The normalized spacial score (nSPS) is 18.3. The second kappa shape index (κ2) is 19.4. The van der Waals surface area contributed by atoms with E-state index >= 15 is 0 Å². The van der Waals surface area contributed by atoms with Gasteiger partial charge in [-0.3, -0.25) is 9.59 Å². The Labute approximate surface area is 291 Å². The number of benzene rings is 2. The number of carbonyl (C=O) groups is 2. The quantitative estimate of drug-likeness (QED) is 0.167. The van der Waals surface area contributed by atoms with Gasteiger partial charge in [0.25, 0.3) is 0 Å². The average molecular weight is 663 g/mol. The molecule has 48 heavy (non-hydrogen) atoms. The number of hydrogen-bond donors (Lipinski definition) is 4. The lowest BCUT2D eigenvalue weighted by atomic mass is 9.86. The molecule has 0 radical (unpaired) electrons. The van der Waals surface area contributed by atoms with Crippen molar-refractivity contribution in [3.05, 3.63) is 70.8 Å². The number of rotatable bonds is 18. The molecule has 0 aliphatic carbocycles. The first-order chi connectivity index (χ1) is 22.8. The van der Waals surface area contributed by atoms with Crippen LogP contribution in [0.25, 0.3) is 0 Å². The van der Waals surface area contributed by atoms with Gasteiger partial charge in [-0.05, 0) is 85.1 Å². The number of amides is 2. The molecule has 2 aromatic carbocycles. The van der Waals surface area contributed by atoms with Crippen molar-refractivity contribution in [1.29, 1.82) is 0 Å². The zero-order valence-electron chi connectivity index (χ0n) is 30.8. The van der Waals surface area contributed by atoms with Crippen molar-refractivity contribution < 1.29 is 9.59 Å². The molecule has 4 atom stereocenters. The van der Waals surface area contributed by atoms with Crippen molar-refractivity contribution in [3.63, 3.8) is 0 Å². The first-order valence-electron chi connectivity index (χ1n) is 18.5. The Morgan fingerprint density at radius 2 is 1.31 bits per heavy atom. The lowest BCUT2D eigenvalue weighted by Gasteiger charge is -2.48. The third-order valence-corrected chi connectivity index (χ3v) is 9.68. The Morgan fingerprint density at radius 1 is 0.792 bits per heavy atom. The van der Waals surface area contributed by atoms with Gasteiger partial charge >= 0.3 is 0 Å². The first-order valence-corrected chi connectivity index (χ1v) is 18.5. The third kappa shape index (κ3) is 12.3. The van der Waals surface area contributed by atoms with E-state index in [1.807, 2.05) is 9.80 Å². The molecule has 1 aliphatic heterocycles. The molecule has 0 unspecified atom stereocenters. The Kier molecular flexibility index (Phi) is 16.0. The molecular formula is C40H66N6O2. The first kappa shape index (κ1) is 39.7. The number of nitrogens with one attached hydrogen (secondary N) is 1. The SMILES string of the molecule is CCCCc1ccc(C[C@@H](N)C(=O)N2C[C@@H](CC(C)C)N(C(=O)[C@H](N)Cc3ccc(C(C)(C)C)cc3)C[C@@H]2CCCCNCCN)cc1. The predicted molar refractivity (Wildman–Crippen MR) is 200 cm³/mol. The Hall–Kier alpha value is -2.78. The van der Waals surface area contributed by atoms with Gasteiger partial charge in [0.05, 0.1) is 12.1 Å². The predicted octanol–water partition coefficient (Wildman–Crippen LogP) is 4.94. The smallest absolute Gasteiger partial charge is 0.240 e. The monoisotopic (exact) mass is 663 g/mol. The molecule has 0 bridgehead atoms.